The van der Waals surface area contributed by atoms with Gasteiger partial charge in [0.1, 0.15) is 0 Å². The van der Waals surface area contributed by atoms with E-state index in [0.717, 1.165) is 12.8 Å². The van der Waals surface area contributed by atoms with E-state index >= 15 is 0 Å². The van der Waals surface area contributed by atoms with E-state index in [0.29, 0.717) is 12.1 Å². The molecule has 0 aliphatic carbocycles. The van der Waals surface area contributed by atoms with Gasteiger partial charge in [0.25, 0.3) is 0 Å². The highest BCUT2D eigenvalue weighted by atomic mass is 32.1. The van der Waals surface area contributed by atoms with Crippen LogP contribution in [0.4, 0.5) is 0 Å². The Hall–Kier alpha value is -1.19. The standard InChI is InChI=1S/C16H22N2S/c1-4-14-6-7-16(19-14)12(3)18-15(5-2)13-8-10-17-11-9-13/h6-12,15,18H,4-5H2,1-3H3/t12-,15+/m0/s1. The van der Waals surface area contributed by atoms with E-state index in [1.165, 1.54) is 15.3 Å². The van der Waals surface area contributed by atoms with Gasteiger partial charge >= 0.3 is 0 Å². The molecular formula is C16H22N2S. The van der Waals surface area contributed by atoms with Crippen LogP contribution in [-0.2, 0) is 6.42 Å². The maximum absolute atomic E-state index is 4.09. The van der Waals surface area contributed by atoms with E-state index < -0.39 is 0 Å². The molecular weight excluding hydrogens is 252 g/mol. The first-order valence-corrected chi connectivity index (χ1v) is 7.80. The number of hydrogen-bond donors (Lipinski definition) is 1. The van der Waals surface area contributed by atoms with Crippen LogP contribution in [0.1, 0.15) is 54.6 Å². The molecule has 2 aromatic rings. The van der Waals surface area contributed by atoms with Crippen molar-refractivity contribution >= 4 is 11.3 Å². The second-order valence-electron chi connectivity index (χ2n) is 4.79. The molecule has 0 saturated heterocycles. The first kappa shape index (κ1) is 14.2. The third kappa shape index (κ3) is 3.64. The van der Waals surface area contributed by atoms with E-state index in [-0.39, 0.29) is 0 Å². The van der Waals surface area contributed by atoms with Crippen LogP contribution in [0, 0.1) is 0 Å². The van der Waals surface area contributed by atoms with Gasteiger partial charge in [-0.3, -0.25) is 4.98 Å². The molecule has 0 amide bonds. The molecule has 1 N–H and O–H groups in total. The quantitative estimate of drug-likeness (QED) is 0.838. The molecule has 2 heterocycles. The zero-order valence-corrected chi connectivity index (χ0v) is 12.7. The fraction of sp³-hybridized carbons (Fsp3) is 0.438. The fourth-order valence-corrected chi connectivity index (χ4v) is 3.21. The summed E-state index contributed by atoms with van der Waals surface area (Å²) in [7, 11) is 0. The number of nitrogens with one attached hydrogen (secondary N) is 1. The SMILES string of the molecule is CCc1ccc([C@H](C)N[C@H](CC)c2ccncc2)s1. The van der Waals surface area contributed by atoms with Gasteiger partial charge in [-0.25, -0.2) is 0 Å². The Morgan fingerprint density at radius 3 is 2.47 bits per heavy atom. The summed E-state index contributed by atoms with van der Waals surface area (Å²) in [5.74, 6) is 0. The molecule has 3 heteroatoms. The topological polar surface area (TPSA) is 24.9 Å². The number of nitrogens with zero attached hydrogens (tertiary/aromatic N) is 1. The van der Waals surface area contributed by atoms with Crippen molar-refractivity contribution in [3.8, 4) is 0 Å². The van der Waals surface area contributed by atoms with Crippen LogP contribution in [0.2, 0.25) is 0 Å². The van der Waals surface area contributed by atoms with Crippen LogP contribution < -0.4 is 5.32 Å². The summed E-state index contributed by atoms with van der Waals surface area (Å²) in [5.41, 5.74) is 1.32. The number of pyridine rings is 1. The molecule has 19 heavy (non-hydrogen) atoms. The molecule has 0 bridgehead atoms. The number of aromatic nitrogens is 1. The molecule has 0 radical (unpaired) electrons. The lowest BCUT2D eigenvalue weighted by Gasteiger charge is -2.22. The summed E-state index contributed by atoms with van der Waals surface area (Å²) in [6, 6.07) is 9.47. The van der Waals surface area contributed by atoms with Crippen molar-refractivity contribution < 1.29 is 0 Å². The summed E-state index contributed by atoms with van der Waals surface area (Å²) < 4.78 is 0. The number of hydrogen-bond acceptors (Lipinski definition) is 3. The molecule has 0 saturated carbocycles. The third-order valence-electron chi connectivity index (χ3n) is 3.43. The third-order valence-corrected chi connectivity index (χ3v) is 4.84. The Kier molecular flexibility index (Phi) is 5.11. The molecule has 2 nitrogen and oxygen atoms in total. The Balaban J connectivity index is 2.06. The van der Waals surface area contributed by atoms with Crippen molar-refractivity contribution in [2.45, 2.75) is 45.7 Å². The zero-order chi connectivity index (χ0) is 13.7. The van der Waals surface area contributed by atoms with E-state index in [1.54, 1.807) is 0 Å². The molecule has 0 aromatic carbocycles. The average molecular weight is 274 g/mol. The van der Waals surface area contributed by atoms with Crippen molar-refractivity contribution in [3.63, 3.8) is 0 Å². The summed E-state index contributed by atoms with van der Waals surface area (Å²) in [6.45, 7) is 6.67. The summed E-state index contributed by atoms with van der Waals surface area (Å²) >= 11 is 1.91. The molecule has 2 aromatic heterocycles. The second-order valence-corrected chi connectivity index (χ2v) is 5.99. The lowest BCUT2D eigenvalue weighted by molar-refractivity contribution is 0.460. The van der Waals surface area contributed by atoms with Gasteiger partial charge < -0.3 is 5.32 Å². The highest BCUT2D eigenvalue weighted by Gasteiger charge is 2.14. The minimum Gasteiger partial charge on any atom is -0.303 e. The second kappa shape index (κ2) is 6.83. The minimum atomic E-state index is 0.392. The lowest BCUT2D eigenvalue weighted by atomic mass is 10.0. The van der Waals surface area contributed by atoms with Crippen LogP contribution in [0.25, 0.3) is 0 Å². The van der Waals surface area contributed by atoms with E-state index in [2.05, 4.69) is 55.3 Å². The first-order chi connectivity index (χ1) is 9.24. The lowest BCUT2D eigenvalue weighted by Crippen LogP contribution is -2.23. The number of thiophene rings is 1. The van der Waals surface area contributed by atoms with Crippen molar-refractivity contribution in [2.75, 3.05) is 0 Å². The Morgan fingerprint density at radius 1 is 1.16 bits per heavy atom. The van der Waals surface area contributed by atoms with Crippen molar-refractivity contribution in [1.29, 1.82) is 0 Å². The molecule has 0 spiro atoms. The van der Waals surface area contributed by atoms with Gasteiger partial charge in [-0.15, -0.1) is 11.3 Å². The first-order valence-electron chi connectivity index (χ1n) is 6.99. The summed E-state index contributed by atoms with van der Waals surface area (Å²) in [6.07, 6.45) is 5.94. The van der Waals surface area contributed by atoms with Crippen LogP contribution in [-0.4, -0.2) is 4.98 Å². The molecule has 0 aliphatic rings. The highest BCUT2D eigenvalue weighted by Crippen LogP contribution is 2.27. The Labute approximate surface area is 119 Å². The largest absolute Gasteiger partial charge is 0.303 e. The molecule has 0 unspecified atom stereocenters. The Morgan fingerprint density at radius 2 is 1.89 bits per heavy atom. The van der Waals surface area contributed by atoms with Gasteiger partial charge in [0, 0.05) is 34.2 Å². The normalized spacial score (nSPS) is 14.3. The predicted octanol–water partition coefficient (Wildman–Crippen LogP) is 4.51. The molecule has 2 rings (SSSR count). The van der Waals surface area contributed by atoms with Crippen LogP contribution >= 0.6 is 11.3 Å². The summed E-state index contributed by atoms with van der Waals surface area (Å²) in [4.78, 5) is 6.97. The van der Waals surface area contributed by atoms with Crippen LogP contribution in [0.3, 0.4) is 0 Å². The molecule has 102 valence electrons. The van der Waals surface area contributed by atoms with Gasteiger partial charge in [0.05, 0.1) is 0 Å². The van der Waals surface area contributed by atoms with Crippen molar-refractivity contribution in [3.05, 3.63) is 52.0 Å². The van der Waals surface area contributed by atoms with Gasteiger partial charge in [-0.05, 0) is 49.6 Å². The van der Waals surface area contributed by atoms with Crippen LogP contribution in [0.15, 0.2) is 36.7 Å². The molecule has 0 aliphatic heterocycles. The van der Waals surface area contributed by atoms with Gasteiger partial charge in [0.15, 0.2) is 0 Å². The van der Waals surface area contributed by atoms with Gasteiger partial charge in [0.2, 0.25) is 0 Å². The maximum Gasteiger partial charge on any atom is 0.0391 e. The predicted molar refractivity (Wildman–Crippen MR) is 82.5 cm³/mol. The highest BCUT2D eigenvalue weighted by molar-refractivity contribution is 7.12. The smallest absolute Gasteiger partial charge is 0.0391 e. The van der Waals surface area contributed by atoms with Gasteiger partial charge in [-0.2, -0.15) is 0 Å². The van der Waals surface area contributed by atoms with E-state index in [4.69, 9.17) is 0 Å². The number of rotatable bonds is 6. The molecule has 2 atom stereocenters. The van der Waals surface area contributed by atoms with Gasteiger partial charge in [-0.1, -0.05) is 13.8 Å². The van der Waals surface area contributed by atoms with Crippen molar-refractivity contribution in [1.82, 2.24) is 10.3 Å². The monoisotopic (exact) mass is 274 g/mol. The molecule has 0 fully saturated rings. The number of aryl methyl sites for hydroxylation is 1. The van der Waals surface area contributed by atoms with E-state index in [1.807, 2.05) is 23.7 Å². The Bertz CT molecular complexity index is 492. The average Bonchev–Trinajstić information content (AvgIpc) is 2.94. The van der Waals surface area contributed by atoms with E-state index in [9.17, 15) is 0 Å². The maximum atomic E-state index is 4.09. The van der Waals surface area contributed by atoms with Crippen molar-refractivity contribution in [2.24, 2.45) is 0 Å². The minimum absolute atomic E-state index is 0.392. The fourth-order valence-electron chi connectivity index (χ4n) is 2.25. The summed E-state index contributed by atoms with van der Waals surface area (Å²) in [5, 5.41) is 3.72. The zero-order valence-electron chi connectivity index (χ0n) is 11.9. The van der Waals surface area contributed by atoms with Crippen LogP contribution in [0.5, 0.6) is 0 Å².